The second kappa shape index (κ2) is 11.4. The number of rotatable bonds is 4. The molecule has 1 spiro atoms. The van der Waals surface area contributed by atoms with Gasteiger partial charge in [-0.2, -0.15) is 0 Å². The van der Waals surface area contributed by atoms with Gasteiger partial charge in [0.15, 0.2) is 0 Å². The fourth-order valence-electron chi connectivity index (χ4n) is 4.60. The maximum absolute atomic E-state index is 13.6. The molecule has 0 aromatic carbocycles. The van der Waals surface area contributed by atoms with Gasteiger partial charge in [-0.25, -0.2) is 0 Å². The lowest BCUT2D eigenvalue weighted by molar-refractivity contribution is -0.138. The smallest absolute Gasteiger partial charge is 0.242 e. The molecule has 0 bridgehead atoms. The lowest BCUT2D eigenvalue weighted by Gasteiger charge is -2.41. The molecular formula is C23H38N4O3S. The van der Waals surface area contributed by atoms with Gasteiger partial charge in [0.05, 0.1) is 17.5 Å². The van der Waals surface area contributed by atoms with Crippen LogP contribution in [-0.2, 0) is 20.9 Å². The molecule has 2 saturated heterocycles. The fourth-order valence-corrected chi connectivity index (χ4v) is 5.23. The molecule has 2 fully saturated rings. The molecule has 3 heterocycles. The summed E-state index contributed by atoms with van der Waals surface area (Å²) in [4.78, 5) is 34.3. The van der Waals surface area contributed by atoms with Crippen LogP contribution in [0.1, 0.15) is 64.2 Å². The van der Waals surface area contributed by atoms with Crippen LogP contribution in [0, 0.1) is 11.3 Å². The minimum absolute atomic E-state index is 0.0542. The minimum Gasteiger partial charge on any atom is -0.379 e. The highest BCUT2D eigenvalue weighted by atomic mass is 32.1. The van der Waals surface area contributed by atoms with E-state index in [1.807, 2.05) is 18.6 Å². The zero-order chi connectivity index (χ0) is 22.3. The number of likely N-dealkylation sites (tertiary alicyclic amines) is 1. The molecular weight excluding hydrogens is 412 g/mol. The van der Waals surface area contributed by atoms with Crippen molar-refractivity contribution in [2.75, 3.05) is 26.3 Å². The van der Waals surface area contributed by atoms with Crippen LogP contribution in [0.4, 0.5) is 0 Å². The summed E-state index contributed by atoms with van der Waals surface area (Å²) in [5, 5.41) is 6.19. The van der Waals surface area contributed by atoms with Crippen molar-refractivity contribution in [3.05, 3.63) is 16.6 Å². The Hall–Kier alpha value is -1.51. The molecule has 7 nitrogen and oxygen atoms in total. The quantitative estimate of drug-likeness (QED) is 0.737. The van der Waals surface area contributed by atoms with E-state index in [4.69, 9.17) is 4.74 Å². The monoisotopic (exact) mass is 450 g/mol. The molecule has 1 aromatic rings. The molecule has 0 unspecified atom stereocenters. The third-order valence-electron chi connectivity index (χ3n) is 6.44. The standard InChI is InChI=1S/C23H38N4O3S/c1-17(2)12-20-21(28)25-18(3)15-30-11-5-4-6-23(22(29)26-20)7-9-27(10-8-23)14-19-13-24-16-31-19/h13,16-18,20H,4-12,14-15H2,1-3H3,(H,25,28)(H,26,29)/t18-,20+/m1/s1. The number of hydrogen-bond acceptors (Lipinski definition) is 6. The highest BCUT2D eigenvalue weighted by molar-refractivity contribution is 7.09. The number of thiazole rings is 1. The lowest BCUT2D eigenvalue weighted by atomic mass is 9.73. The highest BCUT2D eigenvalue weighted by Gasteiger charge is 2.42. The summed E-state index contributed by atoms with van der Waals surface area (Å²) in [6, 6.07) is -0.563. The van der Waals surface area contributed by atoms with Crippen molar-refractivity contribution in [2.24, 2.45) is 11.3 Å². The Kier molecular flexibility index (Phi) is 8.86. The van der Waals surface area contributed by atoms with Crippen LogP contribution in [0.5, 0.6) is 0 Å². The van der Waals surface area contributed by atoms with E-state index >= 15 is 0 Å². The number of carbonyl (C=O) groups excluding carboxylic acids is 2. The Morgan fingerprint density at radius 3 is 2.68 bits per heavy atom. The molecule has 0 saturated carbocycles. The topological polar surface area (TPSA) is 83.6 Å². The van der Waals surface area contributed by atoms with Gasteiger partial charge in [-0.05, 0) is 58.0 Å². The first-order valence-electron chi connectivity index (χ1n) is 11.7. The molecule has 0 radical (unpaired) electrons. The van der Waals surface area contributed by atoms with Crippen molar-refractivity contribution in [3.8, 4) is 0 Å². The number of carbonyl (C=O) groups is 2. The second-order valence-corrected chi connectivity index (χ2v) is 10.6. The molecule has 2 atom stereocenters. The fraction of sp³-hybridized carbons (Fsp3) is 0.783. The molecule has 3 rings (SSSR count). The van der Waals surface area contributed by atoms with E-state index < -0.39 is 11.5 Å². The van der Waals surface area contributed by atoms with Crippen LogP contribution in [0.3, 0.4) is 0 Å². The second-order valence-electron chi connectivity index (χ2n) is 9.62. The van der Waals surface area contributed by atoms with Gasteiger partial charge in [-0.15, -0.1) is 11.3 Å². The lowest BCUT2D eigenvalue weighted by Crippen LogP contribution is -2.55. The largest absolute Gasteiger partial charge is 0.379 e. The first-order chi connectivity index (χ1) is 14.9. The van der Waals surface area contributed by atoms with Crippen molar-refractivity contribution in [2.45, 2.75) is 77.9 Å². The highest BCUT2D eigenvalue weighted by Crippen LogP contribution is 2.38. The van der Waals surface area contributed by atoms with E-state index in [0.717, 1.165) is 51.7 Å². The zero-order valence-corrected chi connectivity index (χ0v) is 20.0. The van der Waals surface area contributed by atoms with Crippen LogP contribution in [0.15, 0.2) is 11.7 Å². The van der Waals surface area contributed by atoms with Crippen molar-refractivity contribution >= 4 is 23.2 Å². The van der Waals surface area contributed by atoms with E-state index in [0.29, 0.717) is 25.6 Å². The molecule has 1 aromatic heterocycles. The van der Waals surface area contributed by atoms with Gasteiger partial charge in [-0.3, -0.25) is 19.5 Å². The molecule has 31 heavy (non-hydrogen) atoms. The molecule has 8 heteroatoms. The third kappa shape index (κ3) is 6.99. The van der Waals surface area contributed by atoms with E-state index in [2.05, 4.69) is 34.4 Å². The number of amides is 2. The summed E-state index contributed by atoms with van der Waals surface area (Å²) in [6.45, 7) is 9.97. The number of aromatic nitrogens is 1. The number of nitrogens with one attached hydrogen (secondary N) is 2. The van der Waals surface area contributed by atoms with E-state index in [9.17, 15) is 9.59 Å². The van der Waals surface area contributed by atoms with E-state index in [1.165, 1.54) is 4.88 Å². The predicted octanol–water partition coefficient (Wildman–Crippen LogP) is 2.96. The number of piperidine rings is 1. The van der Waals surface area contributed by atoms with Crippen molar-refractivity contribution in [3.63, 3.8) is 0 Å². The van der Waals surface area contributed by atoms with Gasteiger partial charge in [0.25, 0.3) is 0 Å². The summed E-state index contributed by atoms with van der Waals surface area (Å²) in [6.07, 6.45) is 6.97. The van der Waals surface area contributed by atoms with Crippen LogP contribution in [0.25, 0.3) is 0 Å². The van der Waals surface area contributed by atoms with E-state index in [-0.39, 0.29) is 17.9 Å². The van der Waals surface area contributed by atoms with Crippen LogP contribution in [0.2, 0.25) is 0 Å². The predicted molar refractivity (Wildman–Crippen MR) is 123 cm³/mol. The average molecular weight is 451 g/mol. The van der Waals surface area contributed by atoms with Crippen molar-refractivity contribution in [1.82, 2.24) is 20.5 Å². The van der Waals surface area contributed by atoms with Crippen LogP contribution in [-0.4, -0.2) is 60.1 Å². The SMILES string of the molecule is CC(C)C[C@@H]1NC(=O)C2(CCCCOC[C@@H](C)NC1=O)CCN(Cc1cncs1)CC2. The molecule has 2 amide bonds. The average Bonchev–Trinajstić information content (AvgIpc) is 3.23. The number of ether oxygens (including phenoxy) is 1. The van der Waals surface area contributed by atoms with Crippen molar-refractivity contribution in [1.29, 1.82) is 0 Å². The van der Waals surface area contributed by atoms with Crippen LogP contribution >= 0.6 is 11.3 Å². The van der Waals surface area contributed by atoms with Gasteiger partial charge in [0.2, 0.25) is 11.8 Å². The first-order valence-corrected chi connectivity index (χ1v) is 12.5. The first kappa shape index (κ1) is 24.1. The number of hydrogen-bond donors (Lipinski definition) is 2. The molecule has 2 N–H and O–H groups in total. The molecule has 0 aliphatic carbocycles. The summed E-state index contributed by atoms with van der Waals surface area (Å²) < 4.78 is 5.77. The summed E-state index contributed by atoms with van der Waals surface area (Å²) in [7, 11) is 0. The normalized spacial score (nSPS) is 26.6. The zero-order valence-electron chi connectivity index (χ0n) is 19.2. The van der Waals surface area contributed by atoms with Crippen molar-refractivity contribution < 1.29 is 14.3 Å². The Labute approximate surface area is 190 Å². The molecule has 2 aliphatic rings. The Morgan fingerprint density at radius 1 is 1.23 bits per heavy atom. The van der Waals surface area contributed by atoms with Crippen LogP contribution < -0.4 is 10.6 Å². The van der Waals surface area contributed by atoms with E-state index in [1.54, 1.807) is 11.3 Å². The van der Waals surface area contributed by atoms with Gasteiger partial charge in [-0.1, -0.05) is 20.3 Å². The summed E-state index contributed by atoms with van der Waals surface area (Å²) >= 11 is 1.68. The maximum Gasteiger partial charge on any atom is 0.242 e. The Morgan fingerprint density at radius 2 is 2.00 bits per heavy atom. The van der Waals surface area contributed by atoms with Gasteiger partial charge in [0, 0.05) is 30.3 Å². The maximum atomic E-state index is 13.6. The number of nitrogens with zero attached hydrogens (tertiary/aromatic N) is 2. The Bertz CT molecular complexity index is 702. The molecule has 174 valence electrons. The van der Waals surface area contributed by atoms with Gasteiger partial charge >= 0.3 is 0 Å². The Balaban J connectivity index is 1.71. The minimum atomic E-state index is -0.497. The summed E-state index contributed by atoms with van der Waals surface area (Å²) in [5.41, 5.74) is 1.46. The van der Waals surface area contributed by atoms with Gasteiger partial charge in [0.1, 0.15) is 6.04 Å². The third-order valence-corrected chi connectivity index (χ3v) is 7.20. The van der Waals surface area contributed by atoms with Gasteiger partial charge < -0.3 is 15.4 Å². The summed E-state index contributed by atoms with van der Waals surface area (Å²) in [5.74, 6) is 0.268. The molecule has 2 aliphatic heterocycles.